The van der Waals surface area contributed by atoms with Crippen LogP contribution in [0.25, 0.3) is 0 Å². The molecule has 2 saturated carbocycles. The summed E-state index contributed by atoms with van der Waals surface area (Å²) in [4.78, 5) is 38.1. The number of carboxylic acids is 1. The number of amides is 2. The van der Waals surface area contributed by atoms with E-state index in [4.69, 9.17) is 21.1 Å². The maximum absolute atomic E-state index is 13.5. The van der Waals surface area contributed by atoms with Crippen LogP contribution in [0.5, 0.6) is 11.5 Å². The molecule has 0 unspecified atom stereocenters. The summed E-state index contributed by atoms with van der Waals surface area (Å²) >= 11 is 6.18. The van der Waals surface area contributed by atoms with Gasteiger partial charge in [0.25, 0.3) is 11.8 Å². The van der Waals surface area contributed by atoms with Crippen molar-refractivity contribution in [3.8, 4) is 17.6 Å². The number of benzene rings is 2. The summed E-state index contributed by atoms with van der Waals surface area (Å²) in [6.45, 7) is 4.38. The van der Waals surface area contributed by atoms with E-state index in [0.29, 0.717) is 37.3 Å². The summed E-state index contributed by atoms with van der Waals surface area (Å²) in [6, 6.07) is 9.62. The highest BCUT2D eigenvalue weighted by atomic mass is 35.5. The molecule has 0 heterocycles. The number of rotatable bonds is 9. The van der Waals surface area contributed by atoms with Crippen LogP contribution in [0.15, 0.2) is 30.3 Å². The molecule has 0 atom stereocenters. The molecule has 0 spiro atoms. The number of nitriles is 1. The molecule has 2 amide bonds. The van der Waals surface area contributed by atoms with Gasteiger partial charge in [-0.15, -0.1) is 0 Å². The number of aliphatic carboxylic acids is 1. The van der Waals surface area contributed by atoms with Crippen LogP contribution in [-0.2, 0) is 4.79 Å². The van der Waals surface area contributed by atoms with E-state index in [0.717, 1.165) is 19.3 Å². The van der Waals surface area contributed by atoms with E-state index in [1.165, 1.54) is 25.3 Å². The summed E-state index contributed by atoms with van der Waals surface area (Å²) in [7, 11) is 1.39. The maximum Gasteiger partial charge on any atom is 0.309 e. The number of hydrogen-bond donors (Lipinski definition) is 3. The molecule has 212 valence electrons. The zero-order chi connectivity index (χ0) is 29.1. The second-order valence-electron chi connectivity index (χ2n) is 11.3. The summed E-state index contributed by atoms with van der Waals surface area (Å²) in [5, 5.41) is 25.3. The Hall–Kier alpha value is -3.77. The summed E-state index contributed by atoms with van der Waals surface area (Å²) < 4.78 is 11.5. The van der Waals surface area contributed by atoms with Crippen LogP contribution in [0.2, 0.25) is 5.02 Å². The molecule has 0 radical (unpaired) electrons. The quantitative estimate of drug-likeness (QED) is 0.348. The average Bonchev–Trinajstić information content (AvgIpc) is 2.92. The molecule has 9 nitrogen and oxygen atoms in total. The van der Waals surface area contributed by atoms with E-state index < -0.39 is 17.3 Å². The van der Waals surface area contributed by atoms with Crippen LogP contribution in [0.4, 0.5) is 5.69 Å². The van der Waals surface area contributed by atoms with Crippen molar-refractivity contribution < 1.29 is 29.0 Å². The van der Waals surface area contributed by atoms with E-state index in [2.05, 4.69) is 23.6 Å². The minimum absolute atomic E-state index is 0.0779. The van der Waals surface area contributed by atoms with Crippen LogP contribution < -0.4 is 20.1 Å². The Kier molecular flexibility index (Phi) is 8.59. The van der Waals surface area contributed by atoms with Crippen molar-refractivity contribution in [1.82, 2.24) is 5.32 Å². The molecule has 0 saturated heterocycles. The van der Waals surface area contributed by atoms with Crippen LogP contribution in [0.3, 0.4) is 0 Å². The van der Waals surface area contributed by atoms with Crippen LogP contribution in [0, 0.1) is 22.2 Å². The second kappa shape index (κ2) is 11.8. The normalized spacial score (nSPS) is 21.3. The monoisotopic (exact) mass is 567 g/mol. The van der Waals surface area contributed by atoms with Gasteiger partial charge in [0.05, 0.1) is 41.0 Å². The molecule has 4 rings (SSSR count). The first kappa shape index (κ1) is 29.2. The molecular weight excluding hydrogens is 534 g/mol. The van der Waals surface area contributed by atoms with Gasteiger partial charge in [0.15, 0.2) is 0 Å². The standard InChI is InChI=1S/C30H34ClN3O6/c1-29(9-4-10-29)17-33-26(35)21-14-19(31)5-6-23(21)34-27(36)22-15-24(18(16-32)13-25(22)39-3)40-20-7-11-30(2,12-8-20)28(37)38/h5-6,13-15,20H,4,7-12,17H2,1-3H3,(H,33,35)(H,34,36)(H,37,38)/t20-,30+. The van der Waals surface area contributed by atoms with Crippen LogP contribution >= 0.6 is 11.6 Å². The number of nitrogens with zero attached hydrogens (tertiary/aromatic N) is 1. The van der Waals surface area contributed by atoms with Gasteiger partial charge in [-0.3, -0.25) is 14.4 Å². The molecular formula is C30H34ClN3O6. The predicted octanol–water partition coefficient (Wildman–Crippen LogP) is 5.80. The first-order valence-corrected chi connectivity index (χ1v) is 13.8. The van der Waals surface area contributed by atoms with Crippen LogP contribution in [0.1, 0.15) is 85.1 Å². The molecule has 2 aliphatic rings. The lowest BCUT2D eigenvalue weighted by atomic mass is 9.70. The third-order valence-electron chi connectivity index (χ3n) is 8.22. The molecule has 2 aromatic carbocycles. The fourth-order valence-corrected chi connectivity index (χ4v) is 5.35. The lowest BCUT2D eigenvalue weighted by Gasteiger charge is -2.38. The molecule has 2 fully saturated rings. The van der Waals surface area contributed by atoms with Gasteiger partial charge in [0.2, 0.25) is 0 Å². The smallest absolute Gasteiger partial charge is 0.309 e. The number of halogens is 1. The first-order chi connectivity index (χ1) is 19.0. The summed E-state index contributed by atoms with van der Waals surface area (Å²) in [5.41, 5.74) is 0.0912. The highest BCUT2D eigenvalue weighted by molar-refractivity contribution is 6.31. The average molecular weight is 568 g/mol. The van der Waals surface area contributed by atoms with E-state index in [-0.39, 0.29) is 51.3 Å². The lowest BCUT2D eigenvalue weighted by molar-refractivity contribution is -0.150. The van der Waals surface area contributed by atoms with Crippen molar-refractivity contribution in [2.75, 3.05) is 19.0 Å². The van der Waals surface area contributed by atoms with Crippen molar-refractivity contribution in [2.24, 2.45) is 10.8 Å². The Balaban J connectivity index is 1.55. The Morgan fingerprint density at radius 3 is 2.33 bits per heavy atom. The van der Waals surface area contributed by atoms with E-state index in [1.54, 1.807) is 19.1 Å². The van der Waals surface area contributed by atoms with Gasteiger partial charge in [-0.25, -0.2) is 0 Å². The number of nitrogens with one attached hydrogen (secondary N) is 2. The van der Waals surface area contributed by atoms with Gasteiger partial charge in [0, 0.05) is 17.6 Å². The third-order valence-corrected chi connectivity index (χ3v) is 8.46. The largest absolute Gasteiger partial charge is 0.496 e. The fourth-order valence-electron chi connectivity index (χ4n) is 5.18. The molecule has 0 aliphatic heterocycles. The van der Waals surface area contributed by atoms with Gasteiger partial charge in [-0.2, -0.15) is 5.26 Å². The molecule has 40 heavy (non-hydrogen) atoms. The third kappa shape index (κ3) is 6.34. The zero-order valence-electron chi connectivity index (χ0n) is 22.9. The molecule has 2 aliphatic carbocycles. The number of ether oxygens (including phenoxy) is 2. The number of methoxy groups -OCH3 is 1. The zero-order valence-corrected chi connectivity index (χ0v) is 23.7. The van der Waals surface area contributed by atoms with E-state index in [1.807, 2.05) is 0 Å². The molecule has 10 heteroatoms. The highest BCUT2D eigenvalue weighted by Crippen LogP contribution is 2.40. The minimum atomic E-state index is -0.834. The highest BCUT2D eigenvalue weighted by Gasteiger charge is 2.38. The number of carbonyl (C=O) groups is 3. The maximum atomic E-state index is 13.5. The summed E-state index contributed by atoms with van der Waals surface area (Å²) in [6.07, 6.45) is 4.84. The molecule has 2 aromatic rings. The Morgan fingerprint density at radius 1 is 1.05 bits per heavy atom. The Bertz CT molecular complexity index is 1360. The minimum Gasteiger partial charge on any atom is -0.496 e. The topological polar surface area (TPSA) is 138 Å². The second-order valence-corrected chi connectivity index (χ2v) is 11.8. The van der Waals surface area contributed by atoms with Gasteiger partial charge in [0.1, 0.15) is 17.6 Å². The van der Waals surface area contributed by atoms with Crippen molar-refractivity contribution >= 4 is 35.1 Å². The van der Waals surface area contributed by atoms with Crippen molar-refractivity contribution in [1.29, 1.82) is 5.26 Å². The molecule has 0 bridgehead atoms. The van der Waals surface area contributed by atoms with Gasteiger partial charge in [-0.05, 0) is 75.1 Å². The summed E-state index contributed by atoms with van der Waals surface area (Å²) in [5.74, 6) is -1.36. The molecule has 0 aromatic heterocycles. The van der Waals surface area contributed by atoms with E-state index >= 15 is 0 Å². The first-order valence-electron chi connectivity index (χ1n) is 13.4. The van der Waals surface area contributed by atoms with Crippen LogP contribution in [-0.4, -0.2) is 42.6 Å². The van der Waals surface area contributed by atoms with Gasteiger partial charge in [-0.1, -0.05) is 24.9 Å². The lowest BCUT2D eigenvalue weighted by Crippen LogP contribution is -2.40. The SMILES string of the molecule is COc1cc(C#N)c(O[C@H]2CC[C@@](C)(C(=O)O)CC2)cc1C(=O)Nc1ccc(Cl)cc1C(=O)NCC1(C)CCC1. The van der Waals surface area contributed by atoms with Crippen molar-refractivity contribution in [3.05, 3.63) is 52.0 Å². The Labute approximate surface area is 238 Å². The predicted molar refractivity (Wildman–Crippen MR) is 150 cm³/mol. The fraction of sp³-hybridized carbons (Fsp3) is 0.467. The van der Waals surface area contributed by atoms with Crippen molar-refractivity contribution in [3.63, 3.8) is 0 Å². The Morgan fingerprint density at radius 2 is 1.75 bits per heavy atom. The number of hydrogen-bond acceptors (Lipinski definition) is 6. The molecule has 3 N–H and O–H groups in total. The number of carbonyl (C=O) groups excluding carboxylic acids is 2. The van der Waals surface area contributed by atoms with Gasteiger partial charge >= 0.3 is 5.97 Å². The van der Waals surface area contributed by atoms with Crippen molar-refractivity contribution in [2.45, 2.75) is 64.9 Å². The van der Waals surface area contributed by atoms with E-state index in [9.17, 15) is 24.8 Å². The number of anilines is 1. The van der Waals surface area contributed by atoms with Gasteiger partial charge < -0.3 is 25.2 Å². The number of carboxylic acid groups (broad SMARTS) is 1.